The van der Waals surface area contributed by atoms with Crippen molar-refractivity contribution < 1.29 is 19.0 Å². The van der Waals surface area contributed by atoms with E-state index in [-0.39, 0.29) is 12.5 Å². The van der Waals surface area contributed by atoms with Crippen LogP contribution in [-0.4, -0.2) is 25.7 Å². The normalized spacial score (nSPS) is 13.2. The van der Waals surface area contributed by atoms with Gasteiger partial charge in [-0.05, 0) is 17.7 Å². The quantitative estimate of drug-likeness (QED) is 0.437. The van der Waals surface area contributed by atoms with E-state index in [2.05, 4.69) is 0 Å². The summed E-state index contributed by atoms with van der Waals surface area (Å²) < 4.78 is 16.0. The number of hydrogen-bond donors (Lipinski definition) is 2. The Labute approximate surface area is 98.6 Å². The van der Waals surface area contributed by atoms with Crippen LogP contribution in [0.4, 0.5) is 0 Å². The maximum Gasteiger partial charge on any atom is 0.259 e. The van der Waals surface area contributed by atoms with Gasteiger partial charge in [-0.1, -0.05) is 6.07 Å². The van der Waals surface area contributed by atoms with E-state index < -0.39 is 0 Å². The molecule has 0 unspecified atom stereocenters. The molecule has 0 spiro atoms. The standard InChI is InChI=1S/C11H14N2O4/c12-13-11(14)7-15-6-8-1-2-9-10(5-8)17-4-3-16-9/h1-2,5H,3-4,6-7,12H2,(H,13,14). The molecule has 0 bridgehead atoms. The fraction of sp³-hybridized carbons (Fsp3) is 0.364. The second-order valence-electron chi connectivity index (χ2n) is 3.54. The minimum atomic E-state index is -0.359. The smallest absolute Gasteiger partial charge is 0.259 e. The Morgan fingerprint density at radius 1 is 1.35 bits per heavy atom. The van der Waals surface area contributed by atoms with Gasteiger partial charge in [-0.15, -0.1) is 0 Å². The summed E-state index contributed by atoms with van der Waals surface area (Å²) in [5.74, 6) is 6.01. The van der Waals surface area contributed by atoms with Gasteiger partial charge in [-0.3, -0.25) is 10.2 Å². The molecule has 0 atom stereocenters. The van der Waals surface area contributed by atoms with Crippen molar-refractivity contribution in [3.8, 4) is 11.5 Å². The molecule has 1 aromatic carbocycles. The zero-order valence-electron chi connectivity index (χ0n) is 9.27. The van der Waals surface area contributed by atoms with Crippen molar-refractivity contribution >= 4 is 5.91 Å². The third kappa shape index (κ3) is 3.08. The fourth-order valence-electron chi connectivity index (χ4n) is 1.48. The lowest BCUT2D eigenvalue weighted by Crippen LogP contribution is -2.33. The highest BCUT2D eigenvalue weighted by molar-refractivity contribution is 5.76. The highest BCUT2D eigenvalue weighted by Gasteiger charge is 2.11. The number of ether oxygens (including phenoxy) is 3. The van der Waals surface area contributed by atoms with Crippen LogP contribution in [0.1, 0.15) is 5.56 Å². The fourth-order valence-corrected chi connectivity index (χ4v) is 1.48. The predicted octanol–water partition coefficient (Wildman–Crippen LogP) is -0.0357. The molecular weight excluding hydrogens is 224 g/mol. The van der Waals surface area contributed by atoms with Crippen LogP contribution in [0.25, 0.3) is 0 Å². The Kier molecular flexibility index (Phi) is 3.79. The van der Waals surface area contributed by atoms with E-state index in [1.807, 2.05) is 23.6 Å². The molecule has 1 aliphatic heterocycles. The molecule has 1 amide bonds. The number of carbonyl (C=O) groups excluding carboxylic acids is 1. The van der Waals surface area contributed by atoms with Crippen LogP contribution >= 0.6 is 0 Å². The molecular formula is C11H14N2O4. The summed E-state index contributed by atoms with van der Waals surface area (Å²) in [6.45, 7) is 1.38. The minimum Gasteiger partial charge on any atom is -0.486 e. The van der Waals surface area contributed by atoms with Gasteiger partial charge < -0.3 is 14.2 Å². The highest BCUT2D eigenvalue weighted by Crippen LogP contribution is 2.30. The van der Waals surface area contributed by atoms with Crippen molar-refractivity contribution in [3.63, 3.8) is 0 Å². The number of hydrogen-bond acceptors (Lipinski definition) is 5. The van der Waals surface area contributed by atoms with E-state index >= 15 is 0 Å². The molecule has 17 heavy (non-hydrogen) atoms. The molecule has 6 nitrogen and oxygen atoms in total. The molecule has 2 rings (SSSR count). The zero-order valence-corrected chi connectivity index (χ0v) is 9.27. The lowest BCUT2D eigenvalue weighted by atomic mass is 10.2. The van der Waals surface area contributed by atoms with E-state index in [0.29, 0.717) is 25.6 Å². The summed E-state index contributed by atoms with van der Waals surface area (Å²) in [5, 5.41) is 0. The summed E-state index contributed by atoms with van der Waals surface area (Å²) >= 11 is 0. The molecule has 0 aliphatic carbocycles. The lowest BCUT2D eigenvalue weighted by Gasteiger charge is -2.18. The maximum absolute atomic E-state index is 10.8. The Morgan fingerprint density at radius 2 is 2.12 bits per heavy atom. The Hall–Kier alpha value is -1.79. The van der Waals surface area contributed by atoms with E-state index in [9.17, 15) is 4.79 Å². The average Bonchev–Trinajstić information content (AvgIpc) is 2.38. The van der Waals surface area contributed by atoms with Crippen molar-refractivity contribution in [2.45, 2.75) is 6.61 Å². The first-order valence-corrected chi connectivity index (χ1v) is 5.25. The monoisotopic (exact) mass is 238 g/mol. The Bertz CT molecular complexity index is 408. The summed E-state index contributed by atoms with van der Waals surface area (Å²) in [6, 6.07) is 5.54. The molecule has 3 N–H and O–H groups in total. The van der Waals surface area contributed by atoms with Crippen molar-refractivity contribution in [1.29, 1.82) is 0 Å². The van der Waals surface area contributed by atoms with Gasteiger partial charge in [-0.25, -0.2) is 5.84 Å². The number of nitrogens with one attached hydrogen (secondary N) is 1. The Morgan fingerprint density at radius 3 is 2.88 bits per heavy atom. The van der Waals surface area contributed by atoms with Gasteiger partial charge in [0, 0.05) is 0 Å². The molecule has 0 saturated carbocycles. The number of fused-ring (bicyclic) bond motifs is 1. The van der Waals surface area contributed by atoms with Gasteiger partial charge in [0.25, 0.3) is 5.91 Å². The third-order valence-corrected chi connectivity index (χ3v) is 2.27. The summed E-state index contributed by atoms with van der Waals surface area (Å²) in [7, 11) is 0. The first-order valence-electron chi connectivity index (χ1n) is 5.25. The molecule has 1 heterocycles. The largest absolute Gasteiger partial charge is 0.486 e. The van der Waals surface area contributed by atoms with Crippen LogP contribution in [0.2, 0.25) is 0 Å². The van der Waals surface area contributed by atoms with Crippen molar-refractivity contribution in [1.82, 2.24) is 5.43 Å². The highest BCUT2D eigenvalue weighted by atomic mass is 16.6. The molecule has 0 fully saturated rings. The predicted molar refractivity (Wildman–Crippen MR) is 59.4 cm³/mol. The SMILES string of the molecule is NNC(=O)COCc1ccc2c(c1)OCCO2. The van der Waals surface area contributed by atoms with Crippen LogP contribution in [0.3, 0.4) is 0 Å². The second-order valence-corrected chi connectivity index (χ2v) is 3.54. The third-order valence-electron chi connectivity index (χ3n) is 2.27. The van der Waals surface area contributed by atoms with Gasteiger partial charge >= 0.3 is 0 Å². The number of benzene rings is 1. The second kappa shape index (κ2) is 5.51. The first-order chi connectivity index (χ1) is 8.29. The van der Waals surface area contributed by atoms with Gasteiger partial charge in [-0.2, -0.15) is 0 Å². The van der Waals surface area contributed by atoms with Gasteiger partial charge in [0.15, 0.2) is 11.5 Å². The van der Waals surface area contributed by atoms with E-state index in [1.54, 1.807) is 0 Å². The van der Waals surface area contributed by atoms with Crippen LogP contribution in [0.15, 0.2) is 18.2 Å². The molecule has 0 aromatic heterocycles. The van der Waals surface area contributed by atoms with Crippen LogP contribution in [0.5, 0.6) is 11.5 Å². The number of nitrogens with two attached hydrogens (primary N) is 1. The van der Waals surface area contributed by atoms with E-state index in [0.717, 1.165) is 11.3 Å². The van der Waals surface area contributed by atoms with Crippen molar-refractivity contribution in [2.75, 3.05) is 19.8 Å². The number of hydrazine groups is 1. The number of amides is 1. The maximum atomic E-state index is 10.8. The van der Waals surface area contributed by atoms with Gasteiger partial charge in [0.1, 0.15) is 19.8 Å². The summed E-state index contributed by atoms with van der Waals surface area (Å²) in [4.78, 5) is 10.8. The molecule has 1 aromatic rings. The number of rotatable bonds is 4. The van der Waals surface area contributed by atoms with Crippen LogP contribution < -0.4 is 20.7 Å². The van der Waals surface area contributed by atoms with E-state index in [1.165, 1.54) is 0 Å². The molecule has 6 heteroatoms. The summed E-state index contributed by atoms with van der Waals surface area (Å²) in [5.41, 5.74) is 2.91. The zero-order chi connectivity index (χ0) is 12.1. The van der Waals surface area contributed by atoms with Crippen LogP contribution in [0, 0.1) is 0 Å². The molecule has 1 aliphatic rings. The molecule has 0 radical (unpaired) electrons. The molecule has 0 saturated heterocycles. The number of carbonyl (C=O) groups is 1. The van der Waals surface area contributed by atoms with Gasteiger partial charge in [0.05, 0.1) is 6.61 Å². The van der Waals surface area contributed by atoms with Crippen LogP contribution in [-0.2, 0) is 16.1 Å². The minimum absolute atomic E-state index is 0.0645. The van der Waals surface area contributed by atoms with Crippen molar-refractivity contribution in [2.24, 2.45) is 5.84 Å². The van der Waals surface area contributed by atoms with Gasteiger partial charge in [0.2, 0.25) is 0 Å². The first kappa shape index (κ1) is 11.7. The Balaban J connectivity index is 1.91. The summed E-state index contributed by atoms with van der Waals surface area (Å²) in [6.07, 6.45) is 0. The van der Waals surface area contributed by atoms with Crippen molar-refractivity contribution in [3.05, 3.63) is 23.8 Å². The molecule has 92 valence electrons. The average molecular weight is 238 g/mol. The van der Waals surface area contributed by atoms with E-state index in [4.69, 9.17) is 20.1 Å². The topological polar surface area (TPSA) is 82.8 Å². The lowest BCUT2D eigenvalue weighted by molar-refractivity contribution is -0.126.